The summed E-state index contributed by atoms with van der Waals surface area (Å²) in [5.74, 6) is 0.999. The number of nitrogens with one attached hydrogen (secondary N) is 1. The fraction of sp³-hybridized carbons (Fsp3) is 0.900. The first-order chi connectivity index (χ1) is 6.15. The van der Waals surface area contributed by atoms with Crippen molar-refractivity contribution >= 4 is 17.5 Å². The summed E-state index contributed by atoms with van der Waals surface area (Å²) in [6, 6.07) is 0. The minimum absolute atomic E-state index is 0.0712. The number of alkyl halides is 1. The quantitative estimate of drug-likeness (QED) is 0.663. The van der Waals surface area contributed by atoms with Gasteiger partial charge in [-0.25, -0.2) is 0 Å². The molecule has 0 radical (unpaired) electrons. The van der Waals surface area contributed by atoms with E-state index in [1.165, 1.54) is 0 Å². The SMILES string of the molecule is CCC(CC)CNC(=O)C(C)CCl. The third-order valence-electron chi connectivity index (χ3n) is 2.40. The summed E-state index contributed by atoms with van der Waals surface area (Å²) in [7, 11) is 0. The molecule has 0 saturated heterocycles. The normalized spacial score (nSPS) is 13.0. The van der Waals surface area contributed by atoms with Gasteiger partial charge in [0.15, 0.2) is 0 Å². The summed E-state index contributed by atoms with van der Waals surface area (Å²) in [4.78, 5) is 11.3. The van der Waals surface area contributed by atoms with Crippen LogP contribution in [0.1, 0.15) is 33.6 Å². The Labute approximate surface area is 86.0 Å². The molecule has 2 nitrogen and oxygen atoms in total. The number of hydrogen-bond acceptors (Lipinski definition) is 1. The standard InChI is InChI=1S/C10H20ClNO/c1-4-9(5-2)7-12-10(13)8(3)6-11/h8-9H,4-7H2,1-3H3,(H,12,13). The summed E-state index contributed by atoms with van der Waals surface area (Å²) in [6.07, 6.45) is 2.23. The van der Waals surface area contributed by atoms with Gasteiger partial charge in [-0.1, -0.05) is 33.6 Å². The predicted molar refractivity (Wildman–Crippen MR) is 57.0 cm³/mol. The van der Waals surface area contributed by atoms with E-state index in [0.717, 1.165) is 19.4 Å². The van der Waals surface area contributed by atoms with Crippen molar-refractivity contribution in [1.82, 2.24) is 5.32 Å². The van der Waals surface area contributed by atoms with Gasteiger partial charge in [-0.2, -0.15) is 0 Å². The highest BCUT2D eigenvalue weighted by molar-refractivity contribution is 6.19. The maximum Gasteiger partial charge on any atom is 0.224 e. The Morgan fingerprint density at radius 1 is 1.38 bits per heavy atom. The van der Waals surface area contributed by atoms with Gasteiger partial charge in [-0.3, -0.25) is 4.79 Å². The van der Waals surface area contributed by atoms with E-state index < -0.39 is 0 Å². The van der Waals surface area contributed by atoms with Gasteiger partial charge in [-0.05, 0) is 5.92 Å². The van der Waals surface area contributed by atoms with Gasteiger partial charge >= 0.3 is 0 Å². The lowest BCUT2D eigenvalue weighted by Crippen LogP contribution is -2.33. The molecule has 0 rings (SSSR count). The lowest BCUT2D eigenvalue weighted by molar-refractivity contribution is -0.124. The number of rotatable bonds is 6. The van der Waals surface area contributed by atoms with Crippen LogP contribution in [0.2, 0.25) is 0 Å². The molecule has 0 fully saturated rings. The summed E-state index contributed by atoms with van der Waals surface area (Å²) >= 11 is 5.57. The molecule has 1 N–H and O–H groups in total. The predicted octanol–water partition coefficient (Wildman–Crippen LogP) is 2.41. The molecule has 0 aliphatic rings. The van der Waals surface area contributed by atoms with Gasteiger partial charge in [0.05, 0.1) is 0 Å². The summed E-state index contributed by atoms with van der Waals surface area (Å²) in [5.41, 5.74) is 0. The maximum absolute atomic E-state index is 11.3. The second-order valence-electron chi connectivity index (χ2n) is 3.48. The molecule has 0 aromatic carbocycles. The minimum Gasteiger partial charge on any atom is -0.356 e. The Kier molecular flexibility index (Phi) is 7.06. The molecule has 0 aliphatic carbocycles. The van der Waals surface area contributed by atoms with Crippen molar-refractivity contribution in [2.75, 3.05) is 12.4 Å². The first kappa shape index (κ1) is 12.8. The smallest absolute Gasteiger partial charge is 0.224 e. The van der Waals surface area contributed by atoms with E-state index in [9.17, 15) is 4.79 Å². The van der Waals surface area contributed by atoms with Gasteiger partial charge in [0.2, 0.25) is 5.91 Å². The van der Waals surface area contributed by atoms with E-state index in [1.54, 1.807) is 0 Å². The average Bonchev–Trinajstić information content (AvgIpc) is 2.17. The van der Waals surface area contributed by atoms with Crippen molar-refractivity contribution in [1.29, 1.82) is 0 Å². The number of halogens is 1. The number of carbonyl (C=O) groups excluding carboxylic acids is 1. The molecule has 0 spiro atoms. The summed E-state index contributed by atoms with van der Waals surface area (Å²) < 4.78 is 0. The molecule has 3 heteroatoms. The zero-order valence-electron chi connectivity index (χ0n) is 8.77. The van der Waals surface area contributed by atoms with E-state index in [-0.39, 0.29) is 11.8 Å². The van der Waals surface area contributed by atoms with E-state index in [1.807, 2.05) is 6.92 Å². The zero-order chi connectivity index (χ0) is 10.3. The molecule has 0 heterocycles. The molecule has 0 aliphatic heterocycles. The van der Waals surface area contributed by atoms with Crippen molar-refractivity contribution < 1.29 is 4.79 Å². The van der Waals surface area contributed by atoms with Crippen LogP contribution in [0.4, 0.5) is 0 Å². The highest BCUT2D eigenvalue weighted by Crippen LogP contribution is 2.06. The van der Waals surface area contributed by atoms with Gasteiger partial charge in [0, 0.05) is 18.3 Å². The van der Waals surface area contributed by atoms with Gasteiger partial charge in [0.1, 0.15) is 0 Å². The summed E-state index contributed by atoms with van der Waals surface area (Å²) in [6.45, 7) is 6.92. The first-order valence-corrected chi connectivity index (χ1v) is 5.52. The fourth-order valence-electron chi connectivity index (χ4n) is 1.07. The average molecular weight is 206 g/mol. The van der Waals surface area contributed by atoms with Crippen LogP contribution >= 0.6 is 11.6 Å². The van der Waals surface area contributed by atoms with Crippen molar-refractivity contribution in [3.05, 3.63) is 0 Å². The van der Waals surface area contributed by atoms with Crippen LogP contribution in [-0.4, -0.2) is 18.3 Å². The van der Waals surface area contributed by atoms with E-state index in [4.69, 9.17) is 11.6 Å². The van der Waals surface area contributed by atoms with Crippen LogP contribution in [0.5, 0.6) is 0 Å². The third-order valence-corrected chi connectivity index (χ3v) is 2.86. The van der Waals surface area contributed by atoms with Crippen LogP contribution in [0, 0.1) is 11.8 Å². The van der Waals surface area contributed by atoms with Crippen molar-refractivity contribution in [3.8, 4) is 0 Å². The highest BCUT2D eigenvalue weighted by atomic mass is 35.5. The van der Waals surface area contributed by atoms with Gasteiger partial charge < -0.3 is 5.32 Å². The molecule has 13 heavy (non-hydrogen) atoms. The Hall–Kier alpha value is -0.240. The molecular weight excluding hydrogens is 186 g/mol. The lowest BCUT2D eigenvalue weighted by Gasteiger charge is -2.15. The van der Waals surface area contributed by atoms with Crippen LogP contribution in [0.3, 0.4) is 0 Å². The molecule has 0 aromatic rings. The van der Waals surface area contributed by atoms with E-state index in [0.29, 0.717) is 11.8 Å². The Bertz CT molecular complexity index is 146. The monoisotopic (exact) mass is 205 g/mol. The van der Waals surface area contributed by atoms with E-state index in [2.05, 4.69) is 19.2 Å². The second kappa shape index (κ2) is 7.19. The number of carbonyl (C=O) groups is 1. The van der Waals surface area contributed by atoms with Crippen LogP contribution < -0.4 is 5.32 Å². The van der Waals surface area contributed by atoms with Crippen LogP contribution in [0.15, 0.2) is 0 Å². The Morgan fingerprint density at radius 3 is 2.31 bits per heavy atom. The number of amides is 1. The van der Waals surface area contributed by atoms with Crippen molar-refractivity contribution in [2.24, 2.45) is 11.8 Å². The Morgan fingerprint density at radius 2 is 1.92 bits per heavy atom. The van der Waals surface area contributed by atoms with Crippen molar-refractivity contribution in [3.63, 3.8) is 0 Å². The number of hydrogen-bond donors (Lipinski definition) is 1. The molecule has 78 valence electrons. The largest absolute Gasteiger partial charge is 0.356 e. The first-order valence-electron chi connectivity index (χ1n) is 4.99. The maximum atomic E-state index is 11.3. The molecular formula is C10H20ClNO. The molecule has 0 aromatic heterocycles. The zero-order valence-corrected chi connectivity index (χ0v) is 9.53. The molecule has 0 saturated carbocycles. The molecule has 1 atom stereocenters. The fourth-order valence-corrected chi connectivity index (χ4v) is 1.21. The lowest BCUT2D eigenvalue weighted by atomic mass is 10.0. The van der Waals surface area contributed by atoms with E-state index >= 15 is 0 Å². The van der Waals surface area contributed by atoms with Crippen LogP contribution in [-0.2, 0) is 4.79 Å². The molecule has 1 unspecified atom stereocenters. The molecule has 1 amide bonds. The second-order valence-corrected chi connectivity index (χ2v) is 3.79. The minimum atomic E-state index is -0.0731. The Balaban J connectivity index is 3.68. The van der Waals surface area contributed by atoms with Crippen LogP contribution in [0.25, 0.3) is 0 Å². The van der Waals surface area contributed by atoms with Crippen molar-refractivity contribution in [2.45, 2.75) is 33.6 Å². The third kappa shape index (κ3) is 5.14. The highest BCUT2D eigenvalue weighted by Gasteiger charge is 2.12. The topological polar surface area (TPSA) is 29.1 Å². The molecule has 0 bridgehead atoms. The summed E-state index contributed by atoms with van der Waals surface area (Å²) in [5, 5.41) is 2.91. The van der Waals surface area contributed by atoms with Gasteiger partial charge in [-0.15, -0.1) is 11.6 Å². The van der Waals surface area contributed by atoms with Gasteiger partial charge in [0.25, 0.3) is 0 Å².